The van der Waals surface area contributed by atoms with Crippen LogP contribution < -0.4 is 0 Å². The molecular weight excluding hydrogens is 765 g/mol. The number of nitrogens with zero attached hydrogens (tertiary/aromatic N) is 4. The van der Waals surface area contributed by atoms with E-state index in [-0.39, 0.29) is 5.41 Å². The molecule has 0 radical (unpaired) electrons. The van der Waals surface area contributed by atoms with Crippen LogP contribution in [0.15, 0.2) is 182 Å². The number of fused-ring (bicyclic) bond motifs is 8. The minimum absolute atomic E-state index is 0.0471. The minimum Gasteiger partial charge on any atom is -0.309 e. The number of hydrogen-bond acceptors (Lipinski definition) is 3. The van der Waals surface area contributed by atoms with E-state index >= 15 is 0 Å². The van der Waals surface area contributed by atoms with E-state index in [1.165, 1.54) is 98.2 Å². The van der Waals surface area contributed by atoms with Gasteiger partial charge >= 0.3 is 0 Å². The zero-order chi connectivity index (χ0) is 41.2. The first kappa shape index (κ1) is 35.4. The molecule has 63 heavy (non-hydrogen) atoms. The van der Waals surface area contributed by atoms with E-state index < -0.39 is 0 Å². The van der Waals surface area contributed by atoms with Crippen LogP contribution in [0, 0.1) is 23.7 Å². The maximum Gasteiger partial charge on any atom is 0.164 e. The SMILES string of the molecule is c1ccc(-c2nc(-c3ccc(-c4ccc5c(c4)c4ccccc4n5-c4ccccc4)cc3)nc(-c3cccc4c3C3(c5ccc6ccccc6c5-4)C4CC5CC(C4)CC3C5)n2)cc1. The fraction of sp³-hybridized carbons (Fsp3) is 0.169. The third-order valence-corrected chi connectivity index (χ3v) is 15.6. The normalized spacial score (nSPS) is 21.7. The lowest BCUT2D eigenvalue weighted by atomic mass is 9.43. The first-order chi connectivity index (χ1) is 31.2. The van der Waals surface area contributed by atoms with Gasteiger partial charge in [-0.15, -0.1) is 0 Å². The van der Waals surface area contributed by atoms with Crippen molar-refractivity contribution in [3.8, 4) is 62.1 Å². The Morgan fingerprint density at radius 2 is 1.00 bits per heavy atom. The van der Waals surface area contributed by atoms with Crippen molar-refractivity contribution in [1.82, 2.24) is 19.5 Å². The van der Waals surface area contributed by atoms with Crippen molar-refractivity contribution in [2.24, 2.45) is 23.7 Å². The molecule has 300 valence electrons. The maximum atomic E-state index is 5.48. The molecule has 5 aliphatic carbocycles. The van der Waals surface area contributed by atoms with Crippen LogP contribution in [0.4, 0.5) is 0 Å². The highest BCUT2D eigenvalue weighted by molar-refractivity contribution is 6.10. The number of aromatic nitrogens is 4. The zero-order valence-electron chi connectivity index (χ0n) is 35.0. The van der Waals surface area contributed by atoms with Gasteiger partial charge in [-0.3, -0.25) is 0 Å². The second-order valence-electron chi connectivity index (χ2n) is 18.8. The Kier molecular flexibility index (Phi) is 7.54. The molecule has 0 saturated heterocycles. The third-order valence-electron chi connectivity index (χ3n) is 15.6. The van der Waals surface area contributed by atoms with Gasteiger partial charge in [0, 0.05) is 38.6 Å². The molecule has 4 saturated carbocycles. The van der Waals surface area contributed by atoms with Gasteiger partial charge in [-0.1, -0.05) is 152 Å². The van der Waals surface area contributed by atoms with Crippen molar-refractivity contribution in [1.29, 1.82) is 0 Å². The average molecular weight is 809 g/mol. The summed E-state index contributed by atoms with van der Waals surface area (Å²) in [6.45, 7) is 0. The molecule has 1 spiro atoms. The fourth-order valence-corrected chi connectivity index (χ4v) is 13.4. The highest BCUT2D eigenvalue weighted by Gasteiger charge is 2.62. The van der Waals surface area contributed by atoms with E-state index in [2.05, 4.69) is 187 Å². The van der Waals surface area contributed by atoms with Crippen LogP contribution in [0.5, 0.6) is 0 Å². The van der Waals surface area contributed by atoms with E-state index in [9.17, 15) is 0 Å². The summed E-state index contributed by atoms with van der Waals surface area (Å²) in [6.07, 6.45) is 6.70. The lowest BCUT2D eigenvalue weighted by Gasteiger charge is -2.61. The summed E-state index contributed by atoms with van der Waals surface area (Å²) in [5.74, 6) is 5.12. The lowest BCUT2D eigenvalue weighted by molar-refractivity contribution is -0.0397. The van der Waals surface area contributed by atoms with Gasteiger partial charge in [0.25, 0.3) is 0 Å². The van der Waals surface area contributed by atoms with Crippen molar-refractivity contribution < 1.29 is 0 Å². The van der Waals surface area contributed by atoms with Crippen LogP contribution in [0.1, 0.15) is 43.2 Å². The second-order valence-corrected chi connectivity index (χ2v) is 18.8. The van der Waals surface area contributed by atoms with Gasteiger partial charge < -0.3 is 4.57 Å². The van der Waals surface area contributed by atoms with Gasteiger partial charge in [-0.05, 0) is 130 Å². The molecule has 15 rings (SSSR count). The van der Waals surface area contributed by atoms with Gasteiger partial charge in [0.15, 0.2) is 17.5 Å². The van der Waals surface area contributed by atoms with Crippen molar-refractivity contribution >= 4 is 32.6 Å². The van der Waals surface area contributed by atoms with E-state index in [1.54, 1.807) is 5.56 Å². The highest BCUT2D eigenvalue weighted by atomic mass is 15.0. The molecule has 4 heteroatoms. The molecular formula is C59H44N4. The van der Waals surface area contributed by atoms with E-state index in [0.717, 1.165) is 34.4 Å². The summed E-state index contributed by atoms with van der Waals surface area (Å²) in [5, 5.41) is 5.17. The molecule has 0 amide bonds. The van der Waals surface area contributed by atoms with Crippen molar-refractivity contribution in [3.05, 3.63) is 193 Å². The van der Waals surface area contributed by atoms with Gasteiger partial charge in [0.1, 0.15) is 0 Å². The summed E-state index contributed by atoms with van der Waals surface area (Å²) in [4.78, 5) is 16.1. The summed E-state index contributed by atoms with van der Waals surface area (Å²) < 4.78 is 2.37. The molecule has 2 heterocycles. The molecule has 0 N–H and O–H groups in total. The van der Waals surface area contributed by atoms with Gasteiger partial charge in [0.05, 0.1) is 11.0 Å². The number of para-hydroxylation sites is 2. The van der Waals surface area contributed by atoms with Crippen molar-refractivity contribution in [2.75, 3.05) is 0 Å². The topological polar surface area (TPSA) is 43.6 Å². The third kappa shape index (κ3) is 5.12. The van der Waals surface area contributed by atoms with Crippen LogP contribution in [-0.4, -0.2) is 19.5 Å². The molecule has 2 aromatic heterocycles. The maximum absolute atomic E-state index is 5.48. The number of rotatable bonds is 5. The molecule has 10 aromatic rings. The molecule has 4 bridgehead atoms. The Labute approximate surface area is 367 Å². The largest absolute Gasteiger partial charge is 0.309 e. The van der Waals surface area contributed by atoms with Crippen LogP contribution in [0.2, 0.25) is 0 Å². The second kappa shape index (κ2) is 13.4. The smallest absolute Gasteiger partial charge is 0.164 e. The summed E-state index contributed by atoms with van der Waals surface area (Å²) in [6, 6.07) is 66.4. The van der Waals surface area contributed by atoms with E-state index in [0.29, 0.717) is 23.5 Å². The van der Waals surface area contributed by atoms with Crippen LogP contribution in [0.25, 0.3) is 94.7 Å². The highest BCUT2D eigenvalue weighted by Crippen LogP contribution is 2.71. The quantitative estimate of drug-likeness (QED) is 0.174. The Balaban J connectivity index is 0.926. The van der Waals surface area contributed by atoms with E-state index in [4.69, 9.17) is 15.0 Å². The summed E-state index contributed by atoms with van der Waals surface area (Å²) in [7, 11) is 0. The summed E-state index contributed by atoms with van der Waals surface area (Å²) in [5.41, 5.74) is 14.8. The lowest BCUT2D eigenvalue weighted by Crippen LogP contribution is -2.55. The Morgan fingerprint density at radius 3 is 1.76 bits per heavy atom. The zero-order valence-corrected chi connectivity index (χ0v) is 35.0. The standard InChI is InChI=1S/C59H44N4/c1-3-13-40(14-4-1)56-60-57(41-24-22-38(23-25-41)42-27-29-53-50(35-42)47-18-9-10-21-52(47)63(53)45-15-5-2-6-16-45)62-58(61-56)49-20-11-19-48-54-46-17-8-7-12-39(46)26-28-51(54)59(55(48)49)43-31-36-30-37(33-43)34-44(59)32-36/h1-29,35-37,43-44H,30-34H2. The average Bonchev–Trinajstić information content (AvgIpc) is 3.84. The number of hydrogen-bond donors (Lipinski definition) is 0. The van der Waals surface area contributed by atoms with Gasteiger partial charge in [-0.2, -0.15) is 0 Å². The molecule has 0 aliphatic heterocycles. The predicted molar refractivity (Wildman–Crippen MR) is 257 cm³/mol. The van der Waals surface area contributed by atoms with Crippen LogP contribution in [0.3, 0.4) is 0 Å². The van der Waals surface area contributed by atoms with Gasteiger partial charge in [0.2, 0.25) is 0 Å². The first-order valence-electron chi connectivity index (χ1n) is 22.9. The molecule has 8 aromatic carbocycles. The molecule has 5 aliphatic rings. The fourth-order valence-electron chi connectivity index (χ4n) is 13.4. The minimum atomic E-state index is -0.0471. The van der Waals surface area contributed by atoms with Crippen LogP contribution in [-0.2, 0) is 5.41 Å². The van der Waals surface area contributed by atoms with Crippen molar-refractivity contribution in [3.63, 3.8) is 0 Å². The Morgan fingerprint density at radius 1 is 0.413 bits per heavy atom. The Bertz CT molecular complexity index is 3430. The Hall–Kier alpha value is -7.17. The molecule has 0 atom stereocenters. The molecule has 4 nitrogen and oxygen atoms in total. The molecule has 4 fully saturated rings. The molecule has 0 unspecified atom stereocenters. The van der Waals surface area contributed by atoms with Crippen molar-refractivity contribution in [2.45, 2.75) is 37.5 Å². The van der Waals surface area contributed by atoms with Crippen LogP contribution >= 0.6 is 0 Å². The van der Waals surface area contributed by atoms with Gasteiger partial charge in [-0.25, -0.2) is 15.0 Å². The summed E-state index contributed by atoms with van der Waals surface area (Å²) >= 11 is 0. The first-order valence-corrected chi connectivity index (χ1v) is 22.9. The number of benzene rings is 8. The monoisotopic (exact) mass is 808 g/mol. The van der Waals surface area contributed by atoms with E-state index in [1.807, 2.05) is 0 Å². The predicted octanol–water partition coefficient (Wildman–Crippen LogP) is 14.5.